The number of halogens is 3. The van der Waals surface area contributed by atoms with Gasteiger partial charge in [0.1, 0.15) is 0 Å². The highest BCUT2D eigenvalue weighted by atomic mass is 28.3. The Balaban J connectivity index is 3.80. The maximum atomic E-state index is 11.6. The van der Waals surface area contributed by atoms with E-state index in [-0.39, 0.29) is 0 Å². The highest BCUT2D eigenvalue weighted by Crippen LogP contribution is 2.20. The molecule has 0 aliphatic carbocycles. The van der Waals surface area contributed by atoms with Gasteiger partial charge in [0.25, 0.3) is 0 Å². The number of rotatable bonds is 2. The second-order valence-corrected chi connectivity index (χ2v) is 8.65. The van der Waals surface area contributed by atoms with Crippen molar-refractivity contribution in [3.63, 3.8) is 0 Å². The highest BCUT2D eigenvalue weighted by molar-refractivity contribution is 6.80. The van der Waals surface area contributed by atoms with Gasteiger partial charge in [-0.15, -0.1) is 0 Å². The summed E-state index contributed by atoms with van der Waals surface area (Å²) in [7, 11) is -1.44. The summed E-state index contributed by atoms with van der Waals surface area (Å²) < 4.78 is 34.8. The van der Waals surface area contributed by atoms with Crippen LogP contribution in [0.25, 0.3) is 0 Å². The molecule has 0 atom stereocenters. The maximum Gasteiger partial charge on any atom is 0.392 e. The fourth-order valence-electron chi connectivity index (χ4n) is 0.546. The SMILES string of the molecule is C[Si](C)(C)/C=C/CC(F)(F)F. The lowest BCUT2D eigenvalue weighted by Gasteiger charge is -2.08. The Morgan fingerprint density at radius 1 is 1.18 bits per heavy atom. The van der Waals surface area contributed by atoms with Gasteiger partial charge in [-0.3, -0.25) is 0 Å². The van der Waals surface area contributed by atoms with Crippen LogP contribution in [0, 0.1) is 0 Å². The van der Waals surface area contributed by atoms with Crippen molar-refractivity contribution in [2.45, 2.75) is 32.2 Å². The predicted molar refractivity (Wildman–Crippen MR) is 43.2 cm³/mol. The highest BCUT2D eigenvalue weighted by Gasteiger charge is 2.24. The molecule has 0 aromatic heterocycles. The third-order valence-corrected chi connectivity index (χ3v) is 2.20. The van der Waals surface area contributed by atoms with Gasteiger partial charge < -0.3 is 0 Å². The van der Waals surface area contributed by atoms with Crippen LogP contribution in [0.5, 0.6) is 0 Å². The molecule has 0 unspecified atom stereocenters. The van der Waals surface area contributed by atoms with Gasteiger partial charge in [-0.25, -0.2) is 0 Å². The normalized spacial score (nSPS) is 14.4. The van der Waals surface area contributed by atoms with Gasteiger partial charge in [0.05, 0.1) is 14.5 Å². The van der Waals surface area contributed by atoms with E-state index in [0.717, 1.165) is 0 Å². The molecule has 0 aromatic carbocycles. The summed E-state index contributed by atoms with van der Waals surface area (Å²) in [6.45, 7) is 6.00. The Morgan fingerprint density at radius 3 is 1.91 bits per heavy atom. The van der Waals surface area contributed by atoms with Crippen LogP contribution < -0.4 is 0 Å². The van der Waals surface area contributed by atoms with Crippen molar-refractivity contribution in [2.24, 2.45) is 0 Å². The fourth-order valence-corrected chi connectivity index (χ4v) is 1.37. The van der Waals surface area contributed by atoms with Crippen LogP contribution in [0.15, 0.2) is 11.8 Å². The Hall–Kier alpha value is -0.253. The van der Waals surface area contributed by atoms with Gasteiger partial charge in [0, 0.05) is 0 Å². The van der Waals surface area contributed by atoms with Crippen LogP contribution in [0.2, 0.25) is 19.6 Å². The standard InChI is InChI=1S/C7H13F3Si/c1-11(2,3)6-4-5-7(8,9)10/h4,6H,5H2,1-3H3/b6-4+. The first kappa shape index (κ1) is 10.7. The molecule has 0 radical (unpaired) electrons. The van der Waals surface area contributed by atoms with Crippen molar-refractivity contribution in [2.75, 3.05) is 0 Å². The van der Waals surface area contributed by atoms with Crippen LogP contribution in [-0.2, 0) is 0 Å². The van der Waals surface area contributed by atoms with Crippen molar-refractivity contribution in [1.29, 1.82) is 0 Å². The van der Waals surface area contributed by atoms with Crippen LogP contribution >= 0.6 is 0 Å². The van der Waals surface area contributed by atoms with Crippen LogP contribution in [-0.4, -0.2) is 14.3 Å². The average molecular weight is 182 g/mol. The molecule has 0 nitrogen and oxygen atoms in total. The minimum Gasteiger partial charge on any atom is -0.171 e. The van der Waals surface area contributed by atoms with Crippen molar-refractivity contribution in [3.8, 4) is 0 Å². The number of hydrogen-bond acceptors (Lipinski definition) is 0. The Morgan fingerprint density at radius 2 is 1.64 bits per heavy atom. The first-order chi connectivity index (χ1) is 4.71. The van der Waals surface area contributed by atoms with Gasteiger partial charge in [-0.2, -0.15) is 13.2 Å². The lowest BCUT2D eigenvalue weighted by atomic mass is 10.4. The van der Waals surface area contributed by atoms with Gasteiger partial charge in [0.2, 0.25) is 0 Å². The van der Waals surface area contributed by atoms with Crippen LogP contribution in [0.1, 0.15) is 6.42 Å². The lowest BCUT2D eigenvalue weighted by molar-refractivity contribution is -0.124. The summed E-state index contributed by atoms with van der Waals surface area (Å²) in [6, 6.07) is 0. The van der Waals surface area contributed by atoms with E-state index in [4.69, 9.17) is 0 Å². The summed E-state index contributed by atoms with van der Waals surface area (Å²) in [4.78, 5) is 0. The van der Waals surface area contributed by atoms with E-state index in [1.54, 1.807) is 5.70 Å². The van der Waals surface area contributed by atoms with Gasteiger partial charge in [-0.05, 0) is 0 Å². The summed E-state index contributed by atoms with van der Waals surface area (Å²) >= 11 is 0. The smallest absolute Gasteiger partial charge is 0.171 e. The lowest BCUT2D eigenvalue weighted by Crippen LogP contribution is -2.16. The zero-order valence-electron chi connectivity index (χ0n) is 7.00. The van der Waals surface area contributed by atoms with Crippen molar-refractivity contribution in [1.82, 2.24) is 0 Å². The number of hydrogen-bond donors (Lipinski definition) is 0. The van der Waals surface area contributed by atoms with Crippen molar-refractivity contribution >= 4 is 8.07 Å². The van der Waals surface area contributed by atoms with Crippen molar-refractivity contribution < 1.29 is 13.2 Å². The van der Waals surface area contributed by atoms with Crippen LogP contribution in [0.4, 0.5) is 13.2 Å². The minimum atomic E-state index is -4.05. The van der Waals surface area contributed by atoms with E-state index in [1.165, 1.54) is 6.08 Å². The molecule has 11 heavy (non-hydrogen) atoms. The van der Waals surface area contributed by atoms with E-state index in [9.17, 15) is 13.2 Å². The van der Waals surface area contributed by atoms with Gasteiger partial charge >= 0.3 is 6.18 Å². The molecule has 66 valence electrons. The molecule has 0 fully saturated rings. The molecule has 0 saturated carbocycles. The summed E-state index contributed by atoms with van der Waals surface area (Å²) in [5, 5.41) is 0. The molecule has 0 heterocycles. The molecule has 0 bridgehead atoms. The van der Waals surface area contributed by atoms with Gasteiger partial charge in [0.15, 0.2) is 0 Å². The van der Waals surface area contributed by atoms with E-state index in [1.807, 2.05) is 19.6 Å². The molecule has 4 heteroatoms. The predicted octanol–water partition coefficient (Wildman–Crippen LogP) is 3.37. The summed E-state index contributed by atoms with van der Waals surface area (Å²) in [5.41, 5.74) is 1.71. The molecular weight excluding hydrogens is 169 g/mol. The molecule has 0 saturated heterocycles. The molecule has 0 aliphatic rings. The third kappa shape index (κ3) is 9.75. The molecule has 0 N–H and O–H groups in total. The first-order valence-corrected chi connectivity index (χ1v) is 7.03. The molecule has 0 spiro atoms. The van der Waals surface area contributed by atoms with Gasteiger partial charge in [-0.1, -0.05) is 31.4 Å². The second kappa shape index (κ2) is 3.43. The Labute approximate surface area is 66.1 Å². The third-order valence-electron chi connectivity index (χ3n) is 0.967. The fraction of sp³-hybridized carbons (Fsp3) is 0.714. The first-order valence-electron chi connectivity index (χ1n) is 3.45. The number of allylic oxidation sites excluding steroid dienone is 1. The summed E-state index contributed by atoms with van der Waals surface area (Å²) in [6.07, 6.45) is -3.61. The van der Waals surface area contributed by atoms with E-state index < -0.39 is 20.7 Å². The monoisotopic (exact) mass is 182 g/mol. The Bertz CT molecular complexity index is 141. The zero-order chi connectivity index (χ0) is 9.12. The van der Waals surface area contributed by atoms with Crippen LogP contribution in [0.3, 0.4) is 0 Å². The largest absolute Gasteiger partial charge is 0.392 e. The number of alkyl halides is 3. The Kier molecular flexibility index (Phi) is 3.35. The second-order valence-electron chi connectivity index (χ2n) is 3.59. The molecule has 0 aliphatic heterocycles. The van der Waals surface area contributed by atoms with Crippen molar-refractivity contribution in [3.05, 3.63) is 11.8 Å². The zero-order valence-corrected chi connectivity index (χ0v) is 8.00. The maximum absolute atomic E-state index is 11.6. The van der Waals surface area contributed by atoms with E-state index in [0.29, 0.717) is 0 Å². The molecular formula is C7H13F3Si. The molecule has 0 amide bonds. The summed E-state index contributed by atoms with van der Waals surface area (Å²) in [5.74, 6) is 0. The molecule has 0 rings (SSSR count). The average Bonchev–Trinajstić information content (AvgIpc) is 1.55. The van der Waals surface area contributed by atoms with E-state index >= 15 is 0 Å². The topological polar surface area (TPSA) is 0 Å². The van der Waals surface area contributed by atoms with E-state index in [2.05, 4.69) is 0 Å². The quantitative estimate of drug-likeness (QED) is 0.574. The minimum absolute atomic E-state index is 0.794. The molecule has 0 aromatic rings.